The van der Waals surface area contributed by atoms with Crippen molar-refractivity contribution in [3.05, 3.63) is 63.9 Å². The lowest BCUT2D eigenvalue weighted by Gasteiger charge is -2.36. The van der Waals surface area contributed by atoms with E-state index in [0.717, 1.165) is 16.1 Å². The van der Waals surface area contributed by atoms with E-state index in [1.165, 1.54) is 12.1 Å². The Balaban J connectivity index is 1.93. The van der Waals surface area contributed by atoms with Gasteiger partial charge in [-0.15, -0.1) is 0 Å². The highest BCUT2D eigenvalue weighted by Crippen LogP contribution is 2.36. The normalized spacial score (nSPS) is 16.1. The number of hydrogen-bond donors (Lipinski definition) is 2. The maximum atomic E-state index is 13.7. The van der Waals surface area contributed by atoms with Gasteiger partial charge in [0.25, 0.3) is 5.91 Å². The Bertz CT molecular complexity index is 833. The highest BCUT2D eigenvalue weighted by atomic mass is 79.9. The number of halogens is 2. The molecule has 0 aromatic heterocycles. The summed E-state index contributed by atoms with van der Waals surface area (Å²) in [5.41, 5.74) is 5.38. The van der Waals surface area contributed by atoms with E-state index in [1.54, 1.807) is 0 Å². The topological polar surface area (TPSA) is 81.4 Å². The molecule has 26 heavy (non-hydrogen) atoms. The second kappa shape index (κ2) is 7.55. The summed E-state index contributed by atoms with van der Waals surface area (Å²) in [4.78, 5) is 24.5. The molecule has 0 spiro atoms. The lowest BCUT2D eigenvalue weighted by molar-refractivity contribution is -0.125. The van der Waals surface area contributed by atoms with E-state index in [-0.39, 0.29) is 11.5 Å². The Labute approximate surface area is 158 Å². The summed E-state index contributed by atoms with van der Waals surface area (Å²) in [5.74, 6) is -1.82. The van der Waals surface area contributed by atoms with E-state index < -0.39 is 17.1 Å². The van der Waals surface area contributed by atoms with Crippen LogP contribution in [-0.4, -0.2) is 25.0 Å². The number of ether oxygens (including phenoxy) is 1. The lowest BCUT2D eigenvalue weighted by Crippen LogP contribution is -2.44. The van der Waals surface area contributed by atoms with Crippen LogP contribution in [-0.2, 0) is 14.9 Å². The van der Waals surface area contributed by atoms with Crippen molar-refractivity contribution in [2.45, 2.75) is 18.3 Å². The van der Waals surface area contributed by atoms with Crippen molar-refractivity contribution in [2.24, 2.45) is 5.73 Å². The molecule has 7 heteroatoms. The summed E-state index contributed by atoms with van der Waals surface area (Å²) in [6.45, 7) is 0.943. The van der Waals surface area contributed by atoms with Gasteiger partial charge in [-0.25, -0.2) is 4.39 Å². The molecule has 1 aliphatic rings. The van der Waals surface area contributed by atoms with Crippen LogP contribution in [0, 0.1) is 5.82 Å². The van der Waals surface area contributed by atoms with Gasteiger partial charge in [0.05, 0.1) is 11.0 Å². The van der Waals surface area contributed by atoms with E-state index in [9.17, 15) is 14.0 Å². The summed E-state index contributed by atoms with van der Waals surface area (Å²) in [5, 5.41) is 2.81. The molecular formula is C19H18BrFN2O3. The summed E-state index contributed by atoms with van der Waals surface area (Å²) >= 11 is 3.40. The molecule has 2 amide bonds. The molecule has 5 nitrogen and oxygen atoms in total. The first-order valence-corrected chi connectivity index (χ1v) is 8.96. The number of amides is 2. The summed E-state index contributed by atoms with van der Waals surface area (Å²) in [7, 11) is 0. The summed E-state index contributed by atoms with van der Waals surface area (Å²) in [6.07, 6.45) is 1.06. The van der Waals surface area contributed by atoms with Gasteiger partial charge in [-0.3, -0.25) is 9.59 Å². The number of rotatable bonds is 4. The zero-order valence-electron chi connectivity index (χ0n) is 13.9. The minimum absolute atomic E-state index is 0.217. The number of hydrogen-bond acceptors (Lipinski definition) is 3. The maximum absolute atomic E-state index is 13.7. The van der Waals surface area contributed by atoms with E-state index in [0.29, 0.717) is 31.7 Å². The molecule has 0 radical (unpaired) electrons. The number of nitrogens with two attached hydrogens (primary N) is 1. The third kappa shape index (κ3) is 3.64. The predicted octanol–water partition coefficient (Wildman–Crippen LogP) is 3.37. The zero-order chi connectivity index (χ0) is 18.7. The van der Waals surface area contributed by atoms with Crippen molar-refractivity contribution in [1.29, 1.82) is 0 Å². The van der Waals surface area contributed by atoms with Gasteiger partial charge in [-0.2, -0.15) is 0 Å². The monoisotopic (exact) mass is 420 g/mol. The summed E-state index contributed by atoms with van der Waals surface area (Å²) < 4.78 is 20.0. The van der Waals surface area contributed by atoms with Crippen molar-refractivity contribution in [3.8, 4) is 0 Å². The van der Waals surface area contributed by atoms with Crippen molar-refractivity contribution in [3.63, 3.8) is 0 Å². The maximum Gasteiger partial charge on any atom is 0.251 e. The quantitative estimate of drug-likeness (QED) is 0.795. The fraction of sp³-hybridized carbons (Fsp3) is 0.263. The number of nitrogens with one attached hydrogen (secondary N) is 1. The molecule has 1 fully saturated rings. The van der Waals surface area contributed by atoms with Gasteiger partial charge < -0.3 is 15.8 Å². The Morgan fingerprint density at radius 3 is 2.38 bits per heavy atom. The molecule has 1 saturated heterocycles. The van der Waals surface area contributed by atoms with E-state index >= 15 is 0 Å². The molecule has 3 N–H and O–H groups in total. The van der Waals surface area contributed by atoms with Gasteiger partial charge in [-0.1, -0.05) is 28.1 Å². The van der Waals surface area contributed by atoms with Crippen LogP contribution in [0.4, 0.5) is 10.1 Å². The highest BCUT2D eigenvalue weighted by molar-refractivity contribution is 9.10. The first-order valence-electron chi connectivity index (χ1n) is 8.17. The van der Waals surface area contributed by atoms with Crippen molar-refractivity contribution in [1.82, 2.24) is 0 Å². The minimum atomic E-state index is -0.882. The van der Waals surface area contributed by atoms with E-state index in [2.05, 4.69) is 21.2 Å². The average Bonchev–Trinajstić information content (AvgIpc) is 2.64. The van der Waals surface area contributed by atoms with Crippen LogP contribution in [0.15, 0.2) is 46.9 Å². The fourth-order valence-corrected chi connectivity index (χ4v) is 3.44. The Kier molecular flexibility index (Phi) is 5.38. The third-order valence-corrected chi connectivity index (χ3v) is 5.20. The first kappa shape index (κ1) is 18.5. The lowest BCUT2D eigenvalue weighted by atomic mass is 9.73. The van der Waals surface area contributed by atoms with Crippen LogP contribution in [0.25, 0.3) is 0 Å². The number of anilines is 1. The van der Waals surface area contributed by atoms with Crippen LogP contribution < -0.4 is 11.1 Å². The molecule has 3 rings (SSSR count). The number of carbonyl (C=O) groups excluding carboxylic acids is 2. The van der Waals surface area contributed by atoms with Crippen molar-refractivity contribution >= 4 is 33.4 Å². The number of carbonyl (C=O) groups is 2. The molecule has 0 bridgehead atoms. The van der Waals surface area contributed by atoms with E-state index in [1.807, 2.05) is 24.3 Å². The summed E-state index contributed by atoms with van der Waals surface area (Å²) in [6, 6.07) is 11.4. The molecule has 1 heterocycles. The molecule has 0 atom stereocenters. The van der Waals surface area contributed by atoms with Gasteiger partial charge in [0.2, 0.25) is 5.91 Å². The zero-order valence-corrected chi connectivity index (χ0v) is 15.5. The molecular weight excluding hydrogens is 403 g/mol. The second-order valence-corrected chi connectivity index (χ2v) is 7.13. The average molecular weight is 421 g/mol. The minimum Gasteiger partial charge on any atom is -0.381 e. The molecule has 2 aromatic carbocycles. The molecule has 0 aliphatic carbocycles. The van der Waals surface area contributed by atoms with Gasteiger partial charge in [0, 0.05) is 23.4 Å². The molecule has 2 aromatic rings. The number of primary amides is 1. The predicted molar refractivity (Wildman–Crippen MR) is 99.4 cm³/mol. The van der Waals surface area contributed by atoms with Gasteiger partial charge in [-0.05, 0) is 48.7 Å². The van der Waals surface area contributed by atoms with Crippen LogP contribution in [0.2, 0.25) is 0 Å². The largest absolute Gasteiger partial charge is 0.381 e. The Hall–Kier alpha value is -2.25. The van der Waals surface area contributed by atoms with Crippen LogP contribution in [0.3, 0.4) is 0 Å². The standard InChI is InChI=1S/C19H18BrFN2O3/c20-13-3-1-12(2-4-13)19(7-9-26-10-8-19)18(25)23-14-5-6-16(21)15(11-14)17(22)24/h1-6,11H,7-10H2,(H2,22,24)(H,23,25). The Morgan fingerprint density at radius 2 is 1.77 bits per heavy atom. The second-order valence-electron chi connectivity index (χ2n) is 6.21. The van der Waals surface area contributed by atoms with Gasteiger partial charge in [0.1, 0.15) is 5.82 Å². The first-order chi connectivity index (χ1) is 12.4. The molecule has 1 aliphatic heterocycles. The molecule has 0 saturated carbocycles. The van der Waals surface area contributed by atoms with Crippen molar-refractivity contribution < 1.29 is 18.7 Å². The van der Waals surface area contributed by atoms with Crippen LogP contribution >= 0.6 is 15.9 Å². The van der Waals surface area contributed by atoms with Crippen LogP contribution in [0.5, 0.6) is 0 Å². The van der Waals surface area contributed by atoms with E-state index in [4.69, 9.17) is 10.5 Å². The van der Waals surface area contributed by atoms with Crippen LogP contribution in [0.1, 0.15) is 28.8 Å². The van der Waals surface area contributed by atoms with Gasteiger partial charge >= 0.3 is 0 Å². The van der Waals surface area contributed by atoms with Crippen molar-refractivity contribution in [2.75, 3.05) is 18.5 Å². The number of benzene rings is 2. The molecule has 0 unspecified atom stereocenters. The Morgan fingerprint density at radius 1 is 1.12 bits per heavy atom. The smallest absolute Gasteiger partial charge is 0.251 e. The third-order valence-electron chi connectivity index (χ3n) is 4.67. The fourth-order valence-electron chi connectivity index (χ4n) is 3.18. The molecule has 136 valence electrons. The highest BCUT2D eigenvalue weighted by Gasteiger charge is 2.41. The van der Waals surface area contributed by atoms with Gasteiger partial charge in [0.15, 0.2) is 0 Å². The SMILES string of the molecule is NC(=O)c1cc(NC(=O)C2(c3ccc(Br)cc3)CCOCC2)ccc1F.